The predicted octanol–water partition coefficient (Wildman–Crippen LogP) is 7.51. The number of Topliss-reactive ketones (excluding diaryl/α,β-unsaturated/α-hetero) is 1. The molecule has 1 aliphatic rings. The minimum atomic E-state index is -4.96. The highest BCUT2D eigenvalue weighted by Crippen LogP contribution is 2.45. The van der Waals surface area contributed by atoms with Gasteiger partial charge < -0.3 is 4.74 Å². The molecule has 0 spiro atoms. The Morgan fingerprint density at radius 3 is 2.03 bits per heavy atom. The van der Waals surface area contributed by atoms with Crippen LogP contribution in [-0.2, 0) is 21.9 Å². The van der Waals surface area contributed by atoms with E-state index in [-0.39, 0.29) is 21.8 Å². The van der Waals surface area contributed by atoms with Crippen LogP contribution >= 0.6 is 22.6 Å². The normalized spacial score (nSPS) is 22.4. The Hall–Kier alpha value is -1.69. The van der Waals surface area contributed by atoms with Crippen LogP contribution in [0.5, 0.6) is 0 Å². The molecule has 4 atom stereocenters. The third-order valence-electron chi connectivity index (χ3n) is 5.85. The van der Waals surface area contributed by atoms with E-state index in [1.54, 1.807) is 0 Å². The maximum atomic E-state index is 13.4. The zero-order valence-corrected chi connectivity index (χ0v) is 19.5. The number of rotatable bonds is 6. The molecule has 0 bridgehead atoms. The van der Waals surface area contributed by atoms with Gasteiger partial charge in [0.1, 0.15) is 11.6 Å². The SMILES string of the molecule is C[C@@H](O[C@H]1CC[C@@H](C(=O)CI)[C@@H]1c1ccc(F)cc1)c1cc(C(F)(F)F)cc(C(F)(F)F)c1. The van der Waals surface area contributed by atoms with Crippen molar-refractivity contribution in [1.29, 1.82) is 0 Å². The Balaban J connectivity index is 1.94. The quantitative estimate of drug-likeness (QED) is 0.199. The molecular formula is C23H20F7IO2. The van der Waals surface area contributed by atoms with Gasteiger partial charge in [0.15, 0.2) is 0 Å². The van der Waals surface area contributed by atoms with Gasteiger partial charge in [0.25, 0.3) is 0 Å². The number of ketones is 1. The Morgan fingerprint density at radius 2 is 1.55 bits per heavy atom. The molecule has 0 unspecified atom stereocenters. The van der Waals surface area contributed by atoms with Crippen molar-refractivity contribution in [3.8, 4) is 0 Å². The van der Waals surface area contributed by atoms with Gasteiger partial charge >= 0.3 is 12.4 Å². The first-order chi connectivity index (χ1) is 15.3. The van der Waals surface area contributed by atoms with E-state index in [4.69, 9.17) is 4.74 Å². The van der Waals surface area contributed by atoms with Crippen molar-refractivity contribution in [2.75, 3.05) is 4.43 Å². The summed E-state index contributed by atoms with van der Waals surface area (Å²) < 4.78 is 99.0. The van der Waals surface area contributed by atoms with Crippen molar-refractivity contribution in [1.82, 2.24) is 0 Å². The largest absolute Gasteiger partial charge is 0.416 e. The second kappa shape index (κ2) is 9.89. The van der Waals surface area contributed by atoms with E-state index in [9.17, 15) is 35.5 Å². The molecule has 180 valence electrons. The maximum Gasteiger partial charge on any atom is 0.416 e. The molecule has 2 aromatic rings. The average molecular weight is 588 g/mol. The highest BCUT2D eigenvalue weighted by molar-refractivity contribution is 14.1. The number of carbonyl (C=O) groups excluding carboxylic acids is 1. The van der Waals surface area contributed by atoms with Crippen molar-refractivity contribution in [2.45, 2.75) is 50.2 Å². The molecule has 33 heavy (non-hydrogen) atoms. The van der Waals surface area contributed by atoms with Gasteiger partial charge in [0, 0.05) is 11.8 Å². The van der Waals surface area contributed by atoms with Gasteiger partial charge in [0.2, 0.25) is 0 Å². The summed E-state index contributed by atoms with van der Waals surface area (Å²) in [5.41, 5.74) is -2.46. The molecule has 0 saturated heterocycles. The molecule has 1 aliphatic carbocycles. The molecule has 1 fully saturated rings. The van der Waals surface area contributed by atoms with E-state index >= 15 is 0 Å². The van der Waals surface area contributed by atoms with Crippen LogP contribution in [0.25, 0.3) is 0 Å². The minimum absolute atomic E-state index is 0.0397. The molecule has 0 aliphatic heterocycles. The molecule has 1 saturated carbocycles. The Bertz CT molecular complexity index is 954. The van der Waals surface area contributed by atoms with Crippen LogP contribution in [0.15, 0.2) is 42.5 Å². The van der Waals surface area contributed by atoms with Crippen molar-refractivity contribution in [2.24, 2.45) is 5.92 Å². The summed E-state index contributed by atoms with van der Waals surface area (Å²) in [6.07, 6.45) is -10.8. The standard InChI is InChI=1S/C23H20F7IO2/c1-12(14-8-15(22(25,26)27)10-16(9-14)23(28,29)30)33-20-7-6-18(19(32)11-31)21(20)13-2-4-17(24)5-3-13/h2-5,8-10,12,18,20-21H,6-7,11H2,1H3/t12-,18+,20+,21+/m1/s1. The first-order valence-corrected chi connectivity index (χ1v) is 11.6. The van der Waals surface area contributed by atoms with Crippen LogP contribution in [0.3, 0.4) is 0 Å². The summed E-state index contributed by atoms with van der Waals surface area (Å²) in [6.45, 7) is 1.38. The van der Waals surface area contributed by atoms with Crippen LogP contribution in [0.2, 0.25) is 0 Å². The number of alkyl halides is 7. The Kier molecular flexibility index (Phi) is 7.77. The minimum Gasteiger partial charge on any atom is -0.370 e. The lowest BCUT2D eigenvalue weighted by Gasteiger charge is -2.28. The summed E-state index contributed by atoms with van der Waals surface area (Å²) in [5, 5.41) is 0. The van der Waals surface area contributed by atoms with Gasteiger partial charge in [-0.15, -0.1) is 0 Å². The predicted molar refractivity (Wildman–Crippen MR) is 115 cm³/mol. The van der Waals surface area contributed by atoms with Gasteiger partial charge in [0.05, 0.1) is 27.8 Å². The highest BCUT2D eigenvalue weighted by atomic mass is 127. The van der Waals surface area contributed by atoms with Crippen LogP contribution in [0.1, 0.15) is 54.0 Å². The number of halogens is 8. The lowest BCUT2D eigenvalue weighted by molar-refractivity contribution is -0.143. The number of carbonyl (C=O) groups is 1. The fourth-order valence-corrected chi connectivity index (χ4v) is 4.83. The third kappa shape index (κ3) is 6.06. The van der Waals surface area contributed by atoms with Crippen molar-refractivity contribution in [3.63, 3.8) is 0 Å². The smallest absolute Gasteiger partial charge is 0.370 e. The molecule has 10 heteroatoms. The first kappa shape index (κ1) is 25.9. The fraction of sp³-hybridized carbons (Fsp3) is 0.435. The number of hydrogen-bond donors (Lipinski definition) is 0. The number of benzene rings is 2. The third-order valence-corrected chi connectivity index (χ3v) is 6.61. The fourth-order valence-electron chi connectivity index (χ4n) is 4.26. The van der Waals surface area contributed by atoms with Gasteiger partial charge in [-0.05, 0) is 61.2 Å². The maximum absolute atomic E-state index is 13.4. The van der Waals surface area contributed by atoms with Crippen LogP contribution in [0, 0.1) is 11.7 Å². The van der Waals surface area contributed by atoms with Crippen molar-refractivity contribution >= 4 is 28.4 Å². The van der Waals surface area contributed by atoms with Gasteiger partial charge in [-0.3, -0.25) is 4.79 Å². The lowest BCUT2D eigenvalue weighted by Crippen LogP contribution is -2.27. The van der Waals surface area contributed by atoms with Crippen LogP contribution in [0.4, 0.5) is 30.7 Å². The summed E-state index contributed by atoms with van der Waals surface area (Å²) >= 11 is 1.94. The molecule has 3 rings (SSSR count). The van der Waals surface area contributed by atoms with Crippen molar-refractivity contribution < 1.29 is 40.3 Å². The molecule has 0 heterocycles. The summed E-state index contributed by atoms with van der Waals surface area (Å²) in [7, 11) is 0. The van der Waals surface area contributed by atoms with Gasteiger partial charge in [-0.2, -0.15) is 26.3 Å². The highest BCUT2D eigenvalue weighted by Gasteiger charge is 2.42. The molecule has 0 N–H and O–H groups in total. The molecule has 2 nitrogen and oxygen atoms in total. The molecular weight excluding hydrogens is 568 g/mol. The average Bonchev–Trinajstić information content (AvgIpc) is 3.15. The van der Waals surface area contributed by atoms with E-state index in [0.29, 0.717) is 30.5 Å². The molecule has 0 amide bonds. The molecule has 2 aromatic carbocycles. The van der Waals surface area contributed by atoms with E-state index in [2.05, 4.69) is 0 Å². The number of ether oxygens (including phenoxy) is 1. The van der Waals surface area contributed by atoms with E-state index in [1.807, 2.05) is 22.6 Å². The zero-order chi connectivity index (χ0) is 24.6. The van der Waals surface area contributed by atoms with Gasteiger partial charge in [-0.25, -0.2) is 4.39 Å². The topological polar surface area (TPSA) is 26.3 Å². The first-order valence-electron chi connectivity index (χ1n) is 10.1. The zero-order valence-electron chi connectivity index (χ0n) is 17.3. The van der Waals surface area contributed by atoms with Crippen LogP contribution < -0.4 is 0 Å². The molecule has 0 aromatic heterocycles. The summed E-state index contributed by atoms with van der Waals surface area (Å²) in [6, 6.07) is 6.88. The van der Waals surface area contributed by atoms with Gasteiger partial charge in [-0.1, -0.05) is 34.7 Å². The van der Waals surface area contributed by atoms with Crippen molar-refractivity contribution in [3.05, 3.63) is 70.5 Å². The summed E-state index contributed by atoms with van der Waals surface area (Å²) in [4.78, 5) is 12.5. The molecule has 0 radical (unpaired) electrons. The lowest BCUT2D eigenvalue weighted by atomic mass is 9.85. The Labute approximate surface area is 199 Å². The summed E-state index contributed by atoms with van der Waals surface area (Å²) in [5.74, 6) is -1.43. The van der Waals surface area contributed by atoms with Crippen LogP contribution in [-0.4, -0.2) is 16.3 Å². The van der Waals surface area contributed by atoms with E-state index in [1.165, 1.54) is 31.2 Å². The monoisotopic (exact) mass is 588 g/mol. The van der Waals surface area contributed by atoms with E-state index in [0.717, 1.165) is 0 Å². The second-order valence-electron chi connectivity index (χ2n) is 8.02. The van der Waals surface area contributed by atoms with E-state index < -0.39 is 53.3 Å². The Morgan fingerprint density at radius 1 is 1.00 bits per heavy atom. The number of hydrogen-bond acceptors (Lipinski definition) is 2. The second-order valence-corrected chi connectivity index (χ2v) is 8.78.